The number of hydrogen-bond acceptors (Lipinski definition) is 3. The van der Waals surface area contributed by atoms with E-state index in [2.05, 4.69) is 103 Å². The van der Waals surface area contributed by atoms with Crippen LogP contribution in [0.25, 0.3) is 0 Å². The van der Waals surface area contributed by atoms with Gasteiger partial charge < -0.3 is 5.32 Å². The largest absolute Gasteiger partial charge is 0.310 e. The maximum Gasteiger partial charge on any atom is 0.0597 e. The average molecular weight is 394 g/mol. The lowest BCUT2D eigenvalue weighted by molar-refractivity contribution is 0.553. The third kappa shape index (κ3) is 7.10. The molecule has 0 amide bonds. The molecule has 3 rings (SSSR count). The van der Waals surface area contributed by atoms with Gasteiger partial charge in [-0.05, 0) is 56.1 Å². The van der Waals surface area contributed by atoms with Crippen molar-refractivity contribution in [1.82, 2.24) is 5.32 Å². The van der Waals surface area contributed by atoms with Gasteiger partial charge in [0.05, 0.1) is 4.58 Å². The van der Waals surface area contributed by atoms with Crippen molar-refractivity contribution in [2.45, 2.75) is 40.2 Å². The molecular formula is C24H27NS2. The van der Waals surface area contributed by atoms with Gasteiger partial charge in [-0.15, -0.1) is 23.5 Å². The smallest absolute Gasteiger partial charge is 0.0597 e. The molecule has 0 aromatic heterocycles. The van der Waals surface area contributed by atoms with Crippen LogP contribution in [0, 0.1) is 0 Å². The van der Waals surface area contributed by atoms with Crippen LogP contribution >= 0.6 is 23.5 Å². The fraction of sp³-hybridized carbons (Fsp3) is 0.250. The molecule has 1 N–H and O–H groups in total. The van der Waals surface area contributed by atoms with Gasteiger partial charge in [0.2, 0.25) is 0 Å². The van der Waals surface area contributed by atoms with Crippen molar-refractivity contribution in [3.8, 4) is 0 Å². The van der Waals surface area contributed by atoms with Gasteiger partial charge in [-0.3, -0.25) is 0 Å². The van der Waals surface area contributed by atoms with Gasteiger partial charge in [0.15, 0.2) is 0 Å². The first-order valence-corrected chi connectivity index (χ1v) is 11.3. The molecule has 0 bridgehead atoms. The first-order valence-electron chi connectivity index (χ1n) is 9.53. The van der Waals surface area contributed by atoms with Crippen LogP contribution in [0.3, 0.4) is 0 Å². The number of benzene rings is 3. The van der Waals surface area contributed by atoms with Crippen LogP contribution in [-0.4, -0.2) is 11.1 Å². The zero-order valence-electron chi connectivity index (χ0n) is 15.8. The average Bonchev–Trinajstić information content (AvgIpc) is 2.73. The van der Waals surface area contributed by atoms with E-state index < -0.39 is 0 Å². The minimum atomic E-state index is 0.396. The van der Waals surface area contributed by atoms with Crippen molar-refractivity contribution in [2.75, 3.05) is 6.54 Å². The molecule has 0 aliphatic carbocycles. The Labute approximate surface area is 172 Å². The number of nitrogens with one attached hydrogen (secondary N) is 1. The highest BCUT2D eigenvalue weighted by Crippen LogP contribution is 2.38. The molecule has 0 aliphatic heterocycles. The molecule has 0 radical (unpaired) electrons. The van der Waals surface area contributed by atoms with Gasteiger partial charge in [-0.25, -0.2) is 0 Å². The zero-order chi connectivity index (χ0) is 18.7. The Morgan fingerprint density at radius 1 is 0.704 bits per heavy atom. The van der Waals surface area contributed by atoms with Crippen molar-refractivity contribution < 1.29 is 0 Å². The summed E-state index contributed by atoms with van der Waals surface area (Å²) in [5, 5.41) is 3.66. The van der Waals surface area contributed by atoms with Crippen LogP contribution in [0.1, 0.15) is 31.4 Å². The van der Waals surface area contributed by atoms with E-state index >= 15 is 0 Å². The van der Waals surface area contributed by atoms with Crippen molar-refractivity contribution >= 4 is 23.5 Å². The second-order valence-electron chi connectivity index (χ2n) is 6.52. The third-order valence-corrected chi connectivity index (χ3v) is 7.05. The molecule has 0 unspecified atom stereocenters. The first-order chi connectivity index (χ1) is 13.3. The van der Waals surface area contributed by atoms with Crippen molar-refractivity contribution in [3.05, 3.63) is 96.6 Å². The maximum absolute atomic E-state index is 3.66. The predicted molar refractivity (Wildman–Crippen MR) is 120 cm³/mol. The van der Waals surface area contributed by atoms with Gasteiger partial charge in [0, 0.05) is 15.8 Å². The van der Waals surface area contributed by atoms with Crippen molar-refractivity contribution in [1.29, 1.82) is 0 Å². The fourth-order valence-corrected chi connectivity index (χ4v) is 5.55. The Kier molecular flexibility index (Phi) is 8.34. The number of hydrogen-bond donors (Lipinski definition) is 1. The lowest BCUT2D eigenvalue weighted by atomic mass is 10.1. The second kappa shape index (κ2) is 11.2. The van der Waals surface area contributed by atoms with Crippen molar-refractivity contribution in [3.63, 3.8) is 0 Å². The lowest BCUT2D eigenvalue weighted by Gasteiger charge is -2.18. The Morgan fingerprint density at radius 2 is 1.19 bits per heavy atom. The van der Waals surface area contributed by atoms with Crippen LogP contribution in [-0.2, 0) is 0 Å². The molecule has 3 aromatic carbocycles. The van der Waals surface area contributed by atoms with E-state index in [4.69, 9.17) is 0 Å². The Hall–Kier alpha value is -1.68. The van der Waals surface area contributed by atoms with Crippen LogP contribution in [0.4, 0.5) is 0 Å². The Morgan fingerprint density at radius 3 is 1.70 bits per heavy atom. The SMILES string of the molecule is C[C@H](NCCCC(Sc1ccccc1)Sc1ccccc1)c1ccccc1. The zero-order valence-corrected chi connectivity index (χ0v) is 17.4. The lowest BCUT2D eigenvalue weighted by Crippen LogP contribution is -2.20. The van der Waals surface area contributed by atoms with Gasteiger partial charge in [0.25, 0.3) is 0 Å². The topological polar surface area (TPSA) is 12.0 Å². The summed E-state index contributed by atoms with van der Waals surface area (Å²) in [6.45, 7) is 3.28. The molecule has 0 saturated carbocycles. The van der Waals surface area contributed by atoms with E-state index in [-0.39, 0.29) is 0 Å². The summed E-state index contributed by atoms with van der Waals surface area (Å²) in [7, 11) is 0. The molecule has 27 heavy (non-hydrogen) atoms. The second-order valence-corrected chi connectivity index (χ2v) is 9.37. The Bertz CT molecular complexity index is 721. The van der Waals surface area contributed by atoms with E-state index in [1.165, 1.54) is 28.2 Å². The minimum absolute atomic E-state index is 0.396. The molecular weight excluding hydrogens is 366 g/mol. The fourth-order valence-electron chi connectivity index (χ4n) is 2.89. The molecule has 0 heterocycles. The van der Waals surface area contributed by atoms with E-state index in [1.807, 2.05) is 23.5 Å². The van der Waals surface area contributed by atoms with Crippen LogP contribution in [0.2, 0.25) is 0 Å². The van der Waals surface area contributed by atoms with Gasteiger partial charge >= 0.3 is 0 Å². The molecule has 0 saturated heterocycles. The molecule has 0 fully saturated rings. The number of rotatable bonds is 10. The minimum Gasteiger partial charge on any atom is -0.310 e. The van der Waals surface area contributed by atoms with Gasteiger partial charge in [-0.1, -0.05) is 66.7 Å². The molecule has 3 heteroatoms. The highest BCUT2D eigenvalue weighted by molar-refractivity contribution is 8.17. The van der Waals surface area contributed by atoms with Gasteiger partial charge in [-0.2, -0.15) is 0 Å². The highest BCUT2D eigenvalue weighted by atomic mass is 32.2. The summed E-state index contributed by atoms with van der Waals surface area (Å²) in [6.07, 6.45) is 2.34. The Balaban J connectivity index is 1.51. The monoisotopic (exact) mass is 393 g/mol. The summed E-state index contributed by atoms with van der Waals surface area (Å²) >= 11 is 3.95. The van der Waals surface area contributed by atoms with E-state index in [0.29, 0.717) is 10.6 Å². The van der Waals surface area contributed by atoms with Crippen LogP contribution in [0.5, 0.6) is 0 Å². The third-order valence-electron chi connectivity index (χ3n) is 4.39. The first kappa shape index (κ1) is 20.1. The highest BCUT2D eigenvalue weighted by Gasteiger charge is 2.13. The predicted octanol–water partition coefficient (Wildman–Crippen LogP) is 7.03. The molecule has 0 spiro atoms. The van der Waals surface area contributed by atoms with E-state index in [0.717, 1.165) is 6.54 Å². The summed E-state index contributed by atoms with van der Waals surface area (Å²) < 4.78 is 0.517. The summed E-state index contributed by atoms with van der Waals surface area (Å²) in [5.74, 6) is 0. The molecule has 3 aromatic rings. The normalized spacial score (nSPS) is 12.2. The molecule has 1 atom stereocenters. The molecule has 140 valence electrons. The summed E-state index contributed by atoms with van der Waals surface area (Å²) in [6, 6.07) is 32.5. The standard InChI is InChI=1S/C24H27NS2/c1-20(21-12-5-2-6-13-21)25-19-11-18-24(26-22-14-7-3-8-15-22)27-23-16-9-4-10-17-23/h2-10,12-17,20,24-25H,11,18-19H2,1H3/t20-/m0/s1. The van der Waals surface area contributed by atoms with Crippen LogP contribution < -0.4 is 5.32 Å². The summed E-state index contributed by atoms with van der Waals surface area (Å²) in [4.78, 5) is 2.69. The molecule has 1 nitrogen and oxygen atoms in total. The van der Waals surface area contributed by atoms with Crippen molar-refractivity contribution in [2.24, 2.45) is 0 Å². The van der Waals surface area contributed by atoms with Gasteiger partial charge in [0.1, 0.15) is 0 Å². The summed E-state index contributed by atoms with van der Waals surface area (Å²) in [5.41, 5.74) is 1.35. The maximum atomic E-state index is 3.66. The van der Waals surface area contributed by atoms with Crippen LogP contribution in [0.15, 0.2) is 101 Å². The molecule has 0 aliphatic rings. The van der Waals surface area contributed by atoms with E-state index in [1.54, 1.807) is 0 Å². The quantitative estimate of drug-likeness (QED) is 0.226. The van der Waals surface area contributed by atoms with E-state index in [9.17, 15) is 0 Å². The number of thioether (sulfide) groups is 2.